The number of anilines is 4. The molecule has 38 heteroatoms. The van der Waals surface area contributed by atoms with Crippen LogP contribution in [0.3, 0.4) is 0 Å². The Kier molecular flexibility index (Phi) is 53.3. The molecule has 0 spiro atoms. The average molecular weight is 2110 g/mol. The lowest BCUT2D eigenvalue weighted by molar-refractivity contribution is -0.143. The SMILES string of the molecule is C.C.C#Cc1ccc(C(=O)N[C@@H](CNC(=O)OC(C)(C)C)C(=O)OC)cc1.C#Cc1ccc(C(=O)O)cc1.CC(C)(C)OC(=O)NCC(=O)Nc1ccc(I)cc1.COC(=O)[C@H](CNC(=O)OC(C)(C)C)NC(=O)c1ccc(C#Cc2ccc(NC(=O)CNC(=O)OC(C)(C)C)cc2)cc1.NCC(=O)Nc1ccc(C#Cc2ccc(C(=O)N[C@@H](CN)C(=O)NO)cc2)cc1.Nc1ccc(I)cc1. The number of amides is 11. The molecule has 3 atom stereocenters. The molecule has 0 radical (unpaired) electrons. The number of alkyl carbamates (subject to hydrolysis) is 4. The molecule has 8 aromatic rings. The van der Waals surface area contributed by atoms with Crippen LogP contribution < -0.4 is 75.8 Å². The number of carbonyl (C=O) groups is 14. The van der Waals surface area contributed by atoms with Crippen LogP contribution in [0, 0.1) is 55.5 Å². The molecule has 0 aliphatic heterocycles. The van der Waals surface area contributed by atoms with E-state index in [-0.39, 0.29) is 77.1 Å². The Labute approximate surface area is 825 Å². The van der Waals surface area contributed by atoms with Gasteiger partial charge in [0, 0.05) is 86.5 Å². The molecule has 8 aromatic carbocycles. The van der Waals surface area contributed by atoms with Crippen LogP contribution >= 0.6 is 45.2 Å². The molecule has 19 N–H and O–H groups in total. The van der Waals surface area contributed by atoms with Crippen molar-refractivity contribution in [2.45, 2.75) is 138 Å². The predicted molar refractivity (Wildman–Crippen MR) is 538 cm³/mol. The Morgan fingerprint density at radius 1 is 0.372 bits per heavy atom. The predicted octanol–water partition coefficient (Wildman–Crippen LogP) is 11.6. The van der Waals surface area contributed by atoms with Crippen molar-refractivity contribution < 1.29 is 106 Å². The molecule has 0 aliphatic rings. The molecule has 0 saturated carbocycles. The minimum atomic E-state index is -1.13. The van der Waals surface area contributed by atoms with Gasteiger partial charge < -0.3 is 104 Å². The molecule has 11 amide bonds. The lowest BCUT2D eigenvalue weighted by Crippen LogP contribution is -2.50. The van der Waals surface area contributed by atoms with E-state index >= 15 is 0 Å². The van der Waals surface area contributed by atoms with E-state index in [1.54, 1.807) is 229 Å². The first-order valence-electron chi connectivity index (χ1n) is 40.7. The summed E-state index contributed by atoms with van der Waals surface area (Å²) in [6.07, 6.45) is 7.62. The highest BCUT2D eigenvalue weighted by Gasteiger charge is 2.28. The molecule has 0 fully saturated rings. The fraction of sp³-hybridized carbons (Fsp3) is 0.293. The molecular weight excluding hydrogens is 1990 g/mol. The number of hydrogen-bond acceptors (Lipinski definition) is 24. The zero-order valence-corrected chi connectivity index (χ0v) is 81.0. The number of halogens is 2. The van der Waals surface area contributed by atoms with Crippen molar-refractivity contribution >= 4 is 152 Å². The Balaban J connectivity index is 0.000000876. The van der Waals surface area contributed by atoms with Crippen molar-refractivity contribution in [2.75, 3.05) is 75.2 Å². The molecule has 730 valence electrons. The number of aromatic carboxylic acids is 1. The Hall–Kier alpha value is -15.1. The van der Waals surface area contributed by atoms with E-state index in [0.29, 0.717) is 56.0 Å². The topological polar surface area (TPSA) is 545 Å². The zero-order valence-electron chi connectivity index (χ0n) is 76.7. The van der Waals surface area contributed by atoms with Crippen molar-refractivity contribution in [3.8, 4) is 48.4 Å². The molecule has 0 unspecified atom stereocenters. The number of carboxylic acids is 1. The van der Waals surface area contributed by atoms with E-state index in [2.05, 4.69) is 139 Å². The second-order valence-corrected chi connectivity index (χ2v) is 34.3. The number of hydroxylamine groups is 1. The molecule has 137 heavy (non-hydrogen) atoms. The van der Waals surface area contributed by atoms with Gasteiger partial charge in [-0.15, -0.1) is 12.8 Å². The van der Waals surface area contributed by atoms with E-state index in [1.165, 1.54) is 35.4 Å². The second kappa shape index (κ2) is 60.9. The zero-order chi connectivity index (χ0) is 101. The van der Waals surface area contributed by atoms with Gasteiger partial charge in [-0.3, -0.25) is 38.8 Å². The van der Waals surface area contributed by atoms with Gasteiger partial charge in [0.2, 0.25) is 17.7 Å². The quantitative estimate of drug-likeness (QED) is 0.00538. The fourth-order valence-electron chi connectivity index (χ4n) is 9.66. The number of hydrogen-bond donors (Lipinski definition) is 16. The maximum atomic E-state index is 12.7. The molecule has 8 rings (SSSR count). The molecular formula is C99H118I2N14O22. The summed E-state index contributed by atoms with van der Waals surface area (Å²) in [6, 6.07) is 51.0. The number of esters is 2. The normalized spacial score (nSPS) is 10.8. The molecule has 0 aromatic heterocycles. The summed E-state index contributed by atoms with van der Waals surface area (Å²) in [6.45, 7) is 19.7. The number of methoxy groups -OCH3 is 2. The second-order valence-electron chi connectivity index (χ2n) is 31.8. The first-order valence-corrected chi connectivity index (χ1v) is 42.9. The van der Waals surface area contributed by atoms with Gasteiger partial charge in [-0.05, 0) is 322 Å². The van der Waals surface area contributed by atoms with E-state index in [9.17, 15) is 67.1 Å². The summed E-state index contributed by atoms with van der Waals surface area (Å²) < 4.78 is 32.0. The van der Waals surface area contributed by atoms with E-state index in [1.807, 2.05) is 36.4 Å². The van der Waals surface area contributed by atoms with Gasteiger partial charge in [0.05, 0.1) is 39.4 Å². The number of benzene rings is 8. The van der Waals surface area contributed by atoms with Gasteiger partial charge in [0.15, 0.2) is 0 Å². The number of nitrogens with two attached hydrogens (primary N) is 3. The van der Waals surface area contributed by atoms with Crippen LogP contribution in [0.2, 0.25) is 0 Å². The number of carboxylic acid groups (broad SMARTS) is 1. The summed E-state index contributed by atoms with van der Waals surface area (Å²) in [7, 11) is 2.37. The fourth-order valence-corrected chi connectivity index (χ4v) is 10.4. The molecule has 36 nitrogen and oxygen atoms in total. The van der Waals surface area contributed by atoms with Crippen LogP contribution in [0.5, 0.6) is 0 Å². The van der Waals surface area contributed by atoms with Crippen LogP contribution in [0.25, 0.3) is 0 Å². The Bertz CT molecular complexity index is 5530. The lowest BCUT2D eigenvalue weighted by Gasteiger charge is -2.21. The third-order valence-electron chi connectivity index (χ3n) is 16.0. The smallest absolute Gasteiger partial charge is 0.408 e. The van der Waals surface area contributed by atoms with Crippen molar-refractivity contribution in [1.82, 2.24) is 42.7 Å². The van der Waals surface area contributed by atoms with Crippen molar-refractivity contribution in [2.24, 2.45) is 11.5 Å². The third kappa shape index (κ3) is 52.2. The molecule has 0 aliphatic carbocycles. The van der Waals surface area contributed by atoms with Gasteiger partial charge in [0.25, 0.3) is 23.6 Å². The monoisotopic (exact) mass is 2110 g/mol. The van der Waals surface area contributed by atoms with Gasteiger partial charge in [-0.2, -0.15) is 0 Å². The van der Waals surface area contributed by atoms with E-state index in [0.717, 1.165) is 14.8 Å². The minimum absolute atomic E-state index is 0. The number of ether oxygens (including phenoxy) is 6. The van der Waals surface area contributed by atoms with Crippen LogP contribution in [-0.4, -0.2) is 188 Å². The first-order chi connectivity index (χ1) is 63.4. The van der Waals surface area contributed by atoms with Crippen LogP contribution in [-0.2, 0) is 57.2 Å². The van der Waals surface area contributed by atoms with Gasteiger partial charge >= 0.3 is 42.3 Å². The standard InChI is InChI=1S/C31H38N4O8.C20H21N5O4.C18H22N2O5.C13H17IN2O3.C9H6O2.C6H6IN.2CH4/c1-30(2,3)42-28(39)32-18-24(27(38)41-7)35-26(37)22-14-10-20(11-15-22)8-9-21-12-16-23(17-13-21)34-25(36)19-33-29(40)43-31(4,5)6;21-11-17(20(28)25-29)24-19(27)15-7-3-13(4-8-15)1-2-14-5-9-16(10-6-14)23-18(26)12-22;1-6-12-7-9-13(10-8-12)15(21)20-14(16(22)24-5)11-19-17(23)25-18(2,3)4;1-13(2,3)19-12(18)15-8-11(17)16-10-6-4-9(14)5-7-10;1-2-7-3-5-8(6-4-7)9(10)11;7-5-1-3-6(8)4-2-5;;/h10-17,24H,18-19H2,1-7H3,(H,32,39)(H,33,40)(H,34,36)(H,35,37);3-10,17,29H,11-12,21-22H2,(H,23,26)(H,24,27)(H,25,28);1,7-10,14H,11H2,2-5H3,(H,19,23)(H,20,21);4-7H,8H2,1-3H3,(H,15,18)(H,16,17);1,3-6H,(H,10,11);1-4H,8H2;2*1H4/t24-;17-;14-;;;;;/m000...../s1. The van der Waals surface area contributed by atoms with E-state index < -0.39 is 112 Å². The highest BCUT2D eigenvalue weighted by atomic mass is 127. The van der Waals surface area contributed by atoms with Crippen LogP contribution in [0.1, 0.15) is 173 Å². The van der Waals surface area contributed by atoms with Gasteiger partial charge in [-0.1, -0.05) is 50.4 Å². The first kappa shape index (κ1) is 120. The number of terminal acetylenes is 2. The molecule has 0 saturated heterocycles. The number of nitrogens with one attached hydrogen (secondary N) is 11. The summed E-state index contributed by atoms with van der Waals surface area (Å²) in [4.78, 5) is 164. The van der Waals surface area contributed by atoms with Crippen molar-refractivity contribution in [1.29, 1.82) is 0 Å². The molecule has 0 heterocycles. The van der Waals surface area contributed by atoms with E-state index in [4.69, 9.17) is 64.0 Å². The number of nitrogen functional groups attached to an aromatic ring is 1. The lowest BCUT2D eigenvalue weighted by atomic mass is 10.1. The van der Waals surface area contributed by atoms with Crippen molar-refractivity contribution in [3.63, 3.8) is 0 Å². The average Bonchev–Trinajstić information content (AvgIpc) is 0.952. The minimum Gasteiger partial charge on any atom is -0.478 e. The Morgan fingerprint density at radius 3 is 0.883 bits per heavy atom. The Morgan fingerprint density at radius 2 is 0.628 bits per heavy atom. The molecule has 0 bridgehead atoms. The highest BCUT2D eigenvalue weighted by Crippen LogP contribution is 2.17. The number of carbonyl (C=O) groups excluding carboxylic acids is 13. The summed E-state index contributed by atoms with van der Waals surface area (Å²) in [5, 5.41) is 42.2. The largest absolute Gasteiger partial charge is 0.478 e. The summed E-state index contributed by atoms with van der Waals surface area (Å²) >= 11 is 4.42. The van der Waals surface area contributed by atoms with Crippen LogP contribution in [0.4, 0.5) is 41.9 Å². The van der Waals surface area contributed by atoms with Crippen molar-refractivity contribution in [3.05, 3.63) is 257 Å². The highest BCUT2D eigenvalue weighted by molar-refractivity contribution is 14.1. The number of rotatable bonds is 23. The summed E-state index contributed by atoms with van der Waals surface area (Å²) in [5.41, 5.74) is 22.8. The van der Waals surface area contributed by atoms with Crippen LogP contribution in [0.15, 0.2) is 194 Å². The third-order valence-corrected chi connectivity index (χ3v) is 17.4. The van der Waals surface area contributed by atoms with Gasteiger partial charge in [-0.25, -0.2) is 39.0 Å². The maximum Gasteiger partial charge on any atom is 0.408 e. The maximum absolute atomic E-state index is 12.7. The summed E-state index contributed by atoms with van der Waals surface area (Å²) in [5.74, 6) is 11.1. The van der Waals surface area contributed by atoms with Gasteiger partial charge in [0.1, 0.15) is 53.6 Å².